The highest BCUT2D eigenvalue weighted by Gasteiger charge is 2.32. The third-order valence-corrected chi connectivity index (χ3v) is 9.16. The molecule has 0 fully saturated rings. The number of sulfonamides is 1. The van der Waals surface area contributed by atoms with Crippen molar-refractivity contribution in [3.05, 3.63) is 126 Å². The van der Waals surface area contributed by atoms with E-state index in [1.807, 2.05) is 66.7 Å². The van der Waals surface area contributed by atoms with Crippen molar-refractivity contribution in [2.24, 2.45) is 0 Å². The number of benzene rings is 5. The van der Waals surface area contributed by atoms with Crippen molar-refractivity contribution in [1.82, 2.24) is 4.31 Å². The van der Waals surface area contributed by atoms with Crippen molar-refractivity contribution in [3.8, 4) is 22.3 Å². The van der Waals surface area contributed by atoms with Crippen molar-refractivity contribution in [2.45, 2.75) is 17.6 Å². The maximum absolute atomic E-state index is 13.4. The van der Waals surface area contributed by atoms with Crippen LogP contribution < -0.4 is 0 Å². The number of carbonyl (C=O) groups is 1. The van der Waals surface area contributed by atoms with Gasteiger partial charge in [-0.05, 0) is 46.5 Å². The zero-order valence-corrected chi connectivity index (χ0v) is 23.8. The standard InChI is InChI=1S/C34H24F3NO5S/c35-34(36,37)26-6-3-5-22(19-26)20-38(21-32(39)40)44(41,42)27-17-15-24(16-18-27)23-11-13-25(14-12-23)28-8-4-9-30-29-7-1-2-10-31(29)43-33(28)30/h1-19H,20-21H2,(H,39,40). The van der Waals surface area contributed by atoms with Crippen LogP contribution in [0.4, 0.5) is 13.2 Å². The maximum atomic E-state index is 13.4. The molecule has 222 valence electrons. The molecule has 44 heavy (non-hydrogen) atoms. The summed E-state index contributed by atoms with van der Waals surface area (Å²) < 4.78 is 73.1. The van der Waals surface area contributed by atoms with E-state index in [0.29, 0.717) is 4.31 Å². The molecule has 0 saturated heterocycles. The van der Waals surface area contributed by atoms with Crippen molar-refractivity contribution in [2.75, 3.05) is 6.54 Å². The van der Waals surface area contributed by atoms with Crippen LogP contribution in [0.5, 0.6) is 0 Å². The first-order valence-electron chi connectivity index (χ1n) is 13.5. The van der Waals surface area contributed by atoms with Crippen molar-refractivity contribution in [1.29, 1.82) is 0 Å². The first kappa shape index (κ1) is 29.2. The molecule has 0 aliphatic heterocycles. The Hall–Kier alpha value is -4.93. The molecule has 0 amide bonds. The molecule has 0 saturated carbocycles. The first-order chi connectivity index (χ1) is 21.0. The van der Waals surface area contributed by atoms with Gasteiger partial charge in [0.15, 0.2) is 0 Å². The van der Waals surface area contributed by atoms with E-state index in [-0.39, 0.29) is 10.5 Å². The number of para-hydroxylation sites is 2. The lowest BCUT2D eigenvalue weighted by molar-refractivity contribution is -0.138. The molecule has 6 nitrogen and oxygen atoms in total. The van der Waals surface area contributed by atoms with Crippen LogP contribution in [0.2, 0.25) is 0 Å². The zero-order chi connectivity index (χ0) is 31.1. The van der Waals surface area contributed by atoms with E-state index in [9.17, 15) is 31.5 Å². The fourth-order valence-corrected chi connectivity index (χ4v) is 6.59. The minimum atomic E-state index is -4.62. The third-order valence-electron chi connectivity index (χ3n) is 7.35. The predicted octanol–water partition coefficient (Wildman–Crippen LogP) is 8.21. The summed E-state index contributed by atoms with van der Waals surface area (Å²) in [4.78, 5) is 11.3. The van der Waals surface area contributed by atoms with E-state index in [0.717, 1.165) is 62.4 Å². The molecule has 0 atom stereocenters. The van der Waals surface area contributed by atoms with E-state index in [1.165, 1.54) is 18.2 Å². The normalized spacial score (nSPS) is 12.3. The van der Waals surface area contributed by atoms with Gasteiger partial charge in [-0.25, -0.2) is 8.42 Å². The first-order valence-corrected chi connectivity index (χ1v) is 14.9. The highest BCUT2D eigenvalue weighted by atomic mass is 32.2. The van der Waals surface area contributed by atoms with Gasteiger partial charge in [-0.1, -0.05) is 91.0 Å². The molecule has 0 bridgehead atoms. The largest absolute Gasteiger partial charge is 0.480 e. The Kier molecular flexibility index (Phi) is 7.48. The van der Waals surface area contributed by atoms with Gasteiger partial charge in [0.25, 0.3) is 0 Å². The van der Waals surface area contributed by atoms with Crippen LogP contribution in [-0.2, 0) is 27.5 Å². The highest BCUT2D eigenvalue weighted by Crippen LogP contribution is 2.36. The van der Waals surface area contributed by atoms with Gasteiger partial charge in [-0.15, -0.1) is 0 Å². The number of furan rings is 1. The molecule has 5 aromatic carbocycles. The number of halogens is 3. The lowest BCUT2D eigenvalue weighted by atomic mass is 9.99. The zero-order valence-electron chi connectivity index (χ0n) is 23.0. The molecule has 0 spiro atoms. The van der Waals surface area contributed by atoms with Crippen LogP contribution in [0.15, 0.2) is 125 Å². The van der Waals surface area contributed by atoms with Gasteiger partial charge >= 0.3 is 12.1 Å². The number of nitrogens with zero attached hydrogens (tertiary/aromatic N) is 1. The second kappa shape index (κ2) is 11.3. The van der Waals surface area contributed by atoms with Crippen LogP contribution in [-0.4, -0.2) is 30.3 Å². The van der Waals surface area contributed by atoms with E-state index >= 15 is 0 Å². The number of fused-ring (bicyclic) bond motifs is 3. The molecular formula is C34H24F3NO5S. The third kappa shape index (κ3) is 5.69. The number of aliphatic carboxylic acids is 1. The maximum Gasteiger partial charge on any atom is 0.416 e. The molecule has 0 aliphatic rings. The topological polar surface area (TPSA) is 87.8 Å². The molecule has 1 N–H and O–H groups in total. The number of rotatable bonds is 8. The summed E-state index contributed by atoms with van der Waals surface area (Å²) in [6, 6.07) is 31.6. The van der Waals surface area contributed by atoms with E-state index in [2.05, 4.69) is 0 Å². The Bertz CT molecular complexity index is 2100. The Morgan fingerprint density at radius 2 is 1.36 bits per heavy atom. The minimum Gasteiger partial charge on any atom is -0.480 e. The van der Waals surface area contributed by atoms with Gasteiger partial charge in [0, 0.05) is 22.9 Å². The van der Waals surface area contributed by atoms with Crippen molar-refractivity contribution in [3.63, 3.8) is 0 Å². The SMILES string of the molecule is O=C(O)CN(Cc1cccc(C(F)(F)F)c1)S(=O)(=O)c1ccc(-c2ccc(-c3cccc4c3oc3ccccc34)cc2)cc1. The average Bonchev–Trinajstić information content (AvgIpc) is 3.39. The van der Waals surface area contributed by atoms with Gasteiger partial charge in [-0.3, -0.25) is 4.79 Å². The van der Waals surface area contributed by atoms with Crippen LogP contribution in [0, 0.1) is 0 Å². The summed E-state index contributed by atoms with van der Waals surface area (Å²) >= 11 is 0. The number of hydrogen-bond acceptors (Lipinski definition) is 4. The fraction of sp³-hybridized carbons (Fsp3) is 0.0882. The Morgan fingerprint density at radius 3 is 2.05 bits per heavy atom. The summed E-state index contributed by atoms with van der Waals surface area (Å²) in [7, 11) is -4.36. The molecule has 0 unspecified atom stereocenters. The van der Waals surface area contributed by atoms with Gasteiger partial charge in [0.2, 0.25) is 10.0 Å². The summed E-state index contributed by atoms with van der Waals surface area (Å²) in [5, 5.41) is 11.4. The molecule has 1 aromatic heterocycles. The minimum absolute atomic E-state index is 0.0136. The summed E-state index contributed by atoms with van der Waals surface area (Å²) in [6.07, 6.45) is -4.62. The summed E-state index contributed by atoms with van der Waals surface area (Å²) in [6.45, 7) is -1.46. The summed E-state index contributed by atoms with van der Waals surface area (Å²) in [5.41, 5.74) is 4.07. The van der Waals surface area contributed by atoms with Crippen LogP contribution in [0.1, 0.15) is 11.1 Å². The number of hydrogen-bond donors (Lipinski definition) is 1. The molecule has 10 heteroatoms. The lowest BCUT2D eigenvalue weighted by Crippen LogP contribution is -2.35. The number of alkyl halides is 3. The average molecular weight is 616 g/mol. The highest BCUT2D eigenvalue weighted by molar-refractivity contribution is 7.89. The van der Waals surface area contributed by atoms with Gasteiger partial charge in [0.1, 0.15) is 17.7 Å². The molecule has 0 radical (unpaired) electrons. The second-order valence-corrected chi connectivity index (χ2v) is 12.2. The fourth-order valence-electron chi connectivity index (χ4n) is 5.21. The monoisotopic (exact) mass is 615 g/mol. The van der Waals surface area contributed by atoms with Gasteiger partial charge in [-0.2, -0.15) is 17.5 Å². The molecule has 6 rings (SSSR count). The van der Waals surface area contributed by atoms with Gasteiger partial charge in [0.05, 0.1) is 10.5 Å². The number of carboxylic acid groups (broad SMARTS) is 1. The van der Waals surface area contributed by atoms with E-state index < -0.39 is 40.8 Å². The van der Waals surface area contributed by atoms with Crippen LogP contribution >= 0.6 is 0 Å². The van der Waals surface area contributed by atoms with Gasteiger partial charge < -0.3 is 9.52 Å². The van der Waals surface area contributed by atoms with Crippen molar-refractivity contribution >= 4 is 37.9 Å². The smallest absolute Gasteiger partial charge is 0.416 e. The molecular weight excluding hydrogens is 591 g/mol. The Balaban J connectivity index is 1.26. The Labute approximate surface area is 250 Å². The quantitative estimate of drug-likeness (QED) is 0.186. The lowest BCUT2D eigenvalue weighted by Gasteiger charge is -2.21. The predicted molar refractivity (Wildman–Crippen MR) is 161 cm³/mol. The van der Waals surface area contributed by atoms with Crippen LogP contribution in [0.25, 0.3) is 44.2 Å². The molecule has 6 aromatic rings. The number of carboxylic acids is 1. The molecule has 0 aliphatic carbocycles. The van der Waals surface area contributed by atoms with Crippen LogP contribution in [0.3, 0.4) is 0 Å². The van der Waals surface area contributed by atoms with E-state index in [4.69, 9.17) is 4.42 Å². The van der Waals surface area contributed by atoms with Crippen molar-refractivity contribution < 1.29 is 35.9 Å². The second-order valence-electron chi connectivity index (χ2n) is 10.2. The van der Waals surface area contributed by atoms with E-state index in [1.54, 1.807) is 12.1 Å². The summed E-state index contributed by atoms with van der Waals surface area (Å²) in [5.74, 6) is -1.43. The molecule has 1 heterocycles. The Morgan fingerprint density at radius 1 is 0.750 bits per heavy atom.